The fourth-order valence-electron chi connectivity index (χ4n) is 0.876. The number of hydrogen-bond acceptors (Lipinski definition) is 3. The quantitative estimate of drug-likeness (QED) is 0.723. The average Bonchev–Trinajstić information content (AvgIpc) is 2.02. The molecule has 3 nitrogen and oxygen atoms in total. The van der Waals surface area contributed by atoms with Crippen molar-refractivity contribution < 1.29 is 27.8 Å². The Labute approximate surface area is 79.9 Å². The number of carbonyl (C=O) groups excluding carboxylic acids is 1. The van der Waals surface area contributed by atoms with Crippen LogP contribution in [0.25, 0.3) is 0 Å². The Hall–Kier alpha value is -0.780. The maximum Gasteiger partial charge on any atom is 0.417 e. The highest BCUT2D eigenvalue weighted by Crippen LogP contribution is 2.35. The molecule has 0 amide bonds. The van der Waals surface area contributed by atoms with E-state index in [1.165, 1.54) is 6.92 Å². The third-order valence-corrected chi connectivity index (χ3v) is 1.85. The first-order valence-corrected chi connectivity index (χ1v) is 4.21. The van der Waals surface area contributed by atoms with Gasteiger partial charge in [0.15, 0.2) is 5.60 Å². The third-order valence-electron chi connectivity index (χ3n) is 1.85. The van der Waals surface area contributed by atoms with E-state index in [9.17, 15) is 18.0 Å². The molecule has 0 radical (unpaired) electrons. The van der Waals surface area contributed by atoms with Gasteiger partial charge < -0.3 is 9.84 Å². The molecule has 6 heteroatoms. The number of alkyl halides is 3. The number of halogens is 3. The molecule has 14 heavy (non-hydrogen) atoms. The first kappa shape index (κ1) is 13.2. The van der Waals surface area contributed by atoms with Gasteiger partial charge >= 0.3 is 12.1 Å². The lowest BCUT2D eigenvalue weighted by Crippen LogP contribution is -2.46. The summed E-state index contributed by atoms with van der Waals surface area (Å²) in [7, 11) is 0. The molecule has 84 valence electrons. The molecule has 0 aliphatic heterocycles. The molecule has 1 N–H and O–H groups in total. The second-order valence-electron chi connectivity index (χ2n) is 2.86. The fraction of sp³-hybridized carbons (Fsp3) is 0.875. The molecular weight excluding hydrogens is 201 g/mol. The minimum absolute atomic E-state index is 0.00349. The summed E-state index contributed by atoms with van der Waals surface area (Å²) in [6, 6.07) is 0. The van der Waals surface area contributed by atoms with E-state index < -0.39 is 30.6 Å². The Morgan fingerprint density at radius 1 is 1.36 bits per heavy atom. The Morgan fingerprint density at radius 2 is 1.86 bits per heavy atom. The summed E-state index contributed by atoms with van der Waals surface area (Å²) in [4.78, 5) is 10.8. The Balaban J connectivity index is 4.49. The smallest absolute Gasteiger partial charge is 0.417 e. The molecule has 1 unspecified atom stereocenters. The molecule has 0 aliphatic rings. The standard InChI is InChI=1S/C8H13F3O3/c1-3-7(13,8(9,10)11)5-6(12)14-4-2/h13H,3-5H2,1-2H3. The summed E-state index contributed by atoms with van der Waals surface area (Å²) in [6.45, 7) is 2.64. The van der Waals surface area contributed by atoms with E-state index in [-0.39, 0.29) is 6.61 Å². The van der Waals surface area contributed by atoms with Gasteiger partial charge in [0.05, 0.1) is 13.0 Å². The number of carbonyl (C=O) groups is 1. The molecule has 0 saturated heterocycles. The van der Waals surface area contributed by atoms with E-state index >= 15 is 0 Å². The number of hydrogen-bond donors (Lipinski definition) is 1. The van der Waals surface area contributed by atoms with Gasteiger partial charge in [-0.2, -0.15) is 13.2 Å². The molecule has 0 fully saturated rings. The summed E-state index contributed by atoms with van der Waals surface area (Å²) in [5.41, 5.74) is -2.97. The zero-order valence-corrected chi connectivity index (χ0v) is 8.02. The number of esters is 1. The third kappa shape index (κ3) is 3.17. The van der Waals surface area contributed by atoms with Crippen LogP contribution in [0.4, 0.5) is 13.2 Å². The van der Waals surface area contributed by atoms with Crippen LogP contribution in [0.15, 0.2) is 0 Å². The van der Waals surface area contributed by atoms with Crippen LogP contribution in [-0.2, 0) is 9.53 Å². The zero-order valence-electron chi connectivity index (χ0n) is 8.02. The fourth-order valence-corrected chi connectivity index (χ4v) is 0.876. The van der Waals surface area contributed by atoms with Crippen LogP contribution >= 0.6 is 0 Å². The van der Waals surface area contributed by atoms with E-state index in [4.69, 9.17) is 5.11 Å². The van der Waals surface area contributed by atoms with Crippen LogP contribution in [0.3, 0.4) is 0 Å². The lowest BCUT2D eigenvalue weighted by atomic mass is 9.96. The van der Waals surface area contributed by atoms with E-state index in [2.05, 4.69) is 4.74 Å². The summed E-state index contributed by atoms with van der Waals surface area (Å²) in [6.07, 6.45) is -6.44. The molecule has 1 atom stereocenters. The van der Waals surface area contributed by atoms with Gasteiger partial charge in [0.25, 0.3) is 0 Å². The molecule has 0 rings (SSSR count). The minimum atomic E-state index is -4.81. The molecule has 0 aromatic heterocycles. The van der Waals surface area contributed by atoms with Gasteiger partial charge in [0, 0.05) is 0 Å². The van der Waals surface area contributed by atoms with Gasteiger partial charge in [-0.05, 0) is 13.3 Å². The van der Waals surface area contributed by atoms with Crippen molar-refractivity contribution in [2.75, 3.05) is 6.61 Å². The topological polar surface area (TPSA) is 46.5 Å². The van der Waals surface area contributed by atoms with Crippen LogP contribution in [0.2, 0.25) is 0 Å². The maximum absolute atomic E-state index is 12.2. The van der Waals surface area contributed by atoms with Gasteiger partial charge in [-0.3, -0.25) is 4.79 Å². The molecule has 0 aliphatic carbocycles. The Morgan fingerprint density at radius 3 is 2.14 bits per heavy atom. The highest BCUT2D eigenvalue weighted by Gasteiger charge is 2.53. The second-order valence-corrected chi connectivity index (χ2v) is 2.86. The van der Waals surface area contributed by atoms with E-state index in [0.29, 0.717) is 0 Å². The molecule has 0 aromatic rings. The van der Waals surface area contributed by atoms with Crippen LogP contribution in [0.1, 0.15) is 26.7 Å². The Kier molecular flexibility index (Phi) is 4.38. The van der Waals surface area contributed by atoms with Crippen LogP contribution in [-0.4, -0.2) is 29.5 Å². The number of ether oxygens (including phenoxy) is 1. The largest absolute Gasteiger partial charge is 0.466 e. The molecular formula is C8H13F3O3. The summed E-state index contributed by atoms with van der Waals surface area (Å²) < 4.78 is 41.1. The number of rotatable bonds is 4. The summed E-state index contributed by atoms with van der Waals surface area (Å²) in [5, 5.41) is 9.13. The lowest BCUT2D eigenvalue weighted by Gasteiger charge is -2.28. The van der Waals surface area contributed by atoms with Crippen LogP contribution < -0.4 is 0 Å². The second kappa shape index (κ2) is 4.63. The minimum Gasteiger partial charge on any atom is -0.466 e. The van der Waals surface area contributed by atoms with Crippen molar-refractivity contribution in [3.8, 4) is 0 Å². The molecule has 0 aromatic carbocycles. The predicted molar refractivity (Wildman–Crippen MR) is 42.5 cm³/mol. The van der Waals surface area contributed by atoms with E-state index in [1.807, 2.05) is 0 Å². The Bertz CT molecular complexity index is 202. The van der Waals surface area contributed by atoms with Crippen molar-refractivity contribution in [3.63, 3.8) is 0 Å². The van der Waals surface area contributed by atoms with E-state index in [0.717, 1.165) is 6.92 Å². The van der Waals surface area contributed by atoms with Crippen molar-refractivity contribution in [1.29, 1.82) is 0 Å². The lowest BCUT2D eigenvalue weighted by molar-refractivity contribution is -0.264. The van der Waals surface area contributed by atoms with Crippen molar-refractivity contribution in [2.45, 2.75) is 38.5 Å². The molecule has 0 saturated carbocycles. The van der Waals surface area contributed by atoms with Gasteiger partial charge in [-0.25, -0.2) is 0 Å². The van der Waals surface area contributed by atoms with Crippen molar-refractivity contribution in [2.24, 2.45) is 0 Å². The maximum atomic E-state index is 12.2. The van der Waals surface area contributed by atoms with Gasteiger partial charge in [-0.15, -0.1) is 0 Å². The van der Waals surface area contributed by atoms with Gasteiger partial charge in [-0.1, -0.05) is 6.92 Å². The van der Waals surface area contributed by atoms with Crippen LogP contribution in [0.5, 0.6) is 0 Å². The normalized spacial score (nSPS) is 16.1. The molecule has 0 bridgehead atoms. The van der Waals surface area contributed by atoms with Crippen molar-refractivity contribution in [3.05, 3.63) is 0 Å². The monoisotopic (exact) mass is 214 g/mol. The average molecular weight is 214 g/mol. The van der Waals surface area contributed by atoms with Crippen molar-refractivity contribution >= 4 is 5.97 Å². The van der Waals surface area contributed by atoms with E-state index in [1.54, 1.807) is 0 Å². The molecule has 0 spiro atoms. The predicted octanol–water partition coefficient (Wildman–Crippen LogP) is 1.64. The van der Waals surface area contributed by atoms with Gasteiger partial charge in [0.2, 0.25) is 0 Å². The SMILES string of the molecule is CCOC(=O)CC(O)(CC)C(F)(F)F. The molecule has 0 heterocycles. The highest BCUT2D eigenvalue weighted by atomic mass is 19.4. The van der Waals surface area contributed by atoms with Gasteiger partial charge in [0.1, 0.15) is 0 Å². The summed E-state index contributed by atoms with van der Waals surface area (Å²) >= 11 is 0. The zero-order chi connectivity index (χ0) is 11.4. The first-order valence-electron chi connectivity index (χ1n) is 4.21. The van der Waals surface area contributed by atoms with Crippen LogP contribution in [0, 0.1) is 0 Å². The summed E-state index contributed by atoms with van der Waals surface area (Å²) in [5.74, 6) is -1.05. The number of aliphatic hydroxyl groups is 1. The first-order chi connectivity index (χ1) is 6.27. The highest BCUT2D eigenvalue weighted by molar-refractivity contribution is 5.70. The van der Waals surface area contributed by atoms with Crippen molar-refractivity contribution in [1.82, 2.24) is 0 Å².